The van der Waals surface area contributed by atoms with Crippen molar-refractivity contribution in [3.8, 4) is 5.69 Å². The van der Waals surface area contributed by atoms with Gasteiger partial charge in [-0.15, -0.1) is 0 Å². The number of aromatic carboxylic acids is 1. The van der Waals surface area contributed by atoms with Crippen LogP contribution in [0.25, 0.3) is 5.69 Å². The van der Waals surface area contributed by atoms with Crippen molar-refractivity contribution in [2.45, 2.75) is 12.7 Å². The van der Waals surface area contributed by atoms with Gasteiger partial charge in [-0.3, -0.25) is 18.5 Å². The van der Waals surface area contributed by atoms with Crippen LogP contribution in [0.15, 0.2) is 59.4 Å². The second-order valence-electron chi connectivity index (χ2n) is 6.72. The molecule has 0 fully saturated rings. The standard InChI is InChI=1S/C21H21N3O5S/c1-14-19(20(26)24(23(14)2)17-6-4-3-5-7-17)22-18(25)13-30(29)12-15-8-10-16(11-9-15)21(27)28/h3-11H,12-13H2,1-2H3,(H,22,25)(H,27,28). The molecule has 1 heterocycles. The highest BCUT2D eigenvalue weighted by molar-refractivity contribution is 7.84. The highest BCUT2D eigenvalue weighted by atomic mass is 32.2. The molecule has 8 nitrogen and oxygen atoms in total. The smallest absolute Gasteiger partial charge is 0.335 e. The molecule has 0 aliphatic rings. The van der Waals surface area contributed by atoms with Crippen LogP contribution in [0.4, 0.5) is 5.69 Å². The minimum absolute atomic E-state index is 0.106. The lowest BCUT2D eigenvalue weighted by atomic mass is 10.1. The molecule has 3 rings (SSSR count). The third-order valence-electron chi connectivity index (χ3n) is 4.64. The minimum Gasteiger partial charge on any atom is -0.478 e. The van der Waals surface area contributed by atoms with Gasteiger partial charge < -0.3 is 10.4 Å². The Bertz CT molecular complexity index is 1160. The van der Waals surface area contributed by atoms with Crippen molar-refractivity contribution in [3.63, 3.8) is 0 Å². The predicted octanol–water partition coefficient (Wildman–Crippen LogP) is 2.07. The molecule has 0 bridgehead atoms. The van der Waals surface area contributed by atoms with Crippen molar-refractivity contribution in [1.29, 1.82) is 0 Å². The van der Waals surface area contributed by atoms with Gasteiger partial charge in [0.25, 0.3) is 5.56 Å². The average molecular weight is 427 g/mol. The summed E-state index contributed by atoms with van der Waals surface area (Å²) < 4.78 is 15.4. The van der Waals surface area contributed by atoms with Gasteiger partial charge in [-0.25, -0.2) is 9.48 Å². The van der Waals surface area contributed by atoms with E-state index in [0.717, 1.165) is 0 Å². The summed E-state index contributed by atoms with van der Waals surface area (Å²) in [7, 11) is 0.206. The van der Waals surface area contributed by atoms with Crippen LogP contribution in [-0.4, -0.2) is 36.3 Å². The van der Waals surface area contributed by atoms with Crippen molar-refractivity contribution in [2.24, 2.45) is 7.05 Å². The van der Waals surface area contributed by atoms with Crippen molar-refractivity contribution >= 4 is 28.4 Å². The Labute approximate surface area is 175 Å². The third kappa shape index (κ3) is 4.57. The second kappa shape index (κ2) is 8.91. The molecule has 156 valence electrons. The van der Waals surface area contributed by atoms with Gasteiger partial charge in [0.15, 0.2) is 0 Å². The molecule has 30 heavy (non-hydrogen) atoms. The Balaban J connectivity index is 1.70. The molecule has 0 saturated carbocycles. The fourth-order valence-electron chi connectivity index (χ4n) is 3.01. The number of hydrogen-bond acceptors (Lipinski definition) is 4. The van der Waals surface area contributed by atoms with Gasteiger partial charge in [0.1, 0.15) is 11.4 Å². The van der Waals surface area contributed by atoms with Crippen molar-refractivity contribution in [3.05, 3.63) is 81.8 Å². The SMILES string of the molecule is Cc1c(NC(=O)CS(=O)Cc2ccc(C(=O)O)cc2)c(=O)n(-c2ccccc2)n1C. The summed E-state index contributed by atoms with van der Waals surface area (Å²) in [6.07, 6.45) is 0. The molecular weight excluding hydrogens is 406 g/mol. The first-order chi connectivity index (χ1) is 14.3. The summed E-state index contributed by atoms with van der Waals surface area (Å²) in [5, 5.41) is 11.5. The lowest BCUT2D eigenvalue weighted by Crippen LogP contribution is -2.25. The number of carboxylic acids is 1. The number of nitrogens with zero attached hydrogens (tertiary/aromatic N) is 2. The normalized spacial score (nSPS) is 11.8. The number of rotatable bonds is 7. The number of carboxylic acid groups (broad SMARTS) is 1. The van der Waals surface area contributed by atoms with Gasteiger partial charge in [0.05, 0.1) is 16.9 Å². The number of anilines is 1. The van der Waals surface area contributed by atoms with Gasteiger partial charge in [-0.1, -0.05) is 30.3 Å². The molecule has 1 amide bonds. The van der Waals surface area contributed by atoms with E-state index >= 15 is 0 Å². The molecular formula is C21H21N3O5S. The van der Waals surface area contributed by atoms with E-state index in [1.807, 2.05) is 18.2 Å². The summed E-state index contributed by atoms with van der Waals surface area (Å²) in [6.45, 7) is 1.72. The fraction of sp³-hybridized carbons (Fsp3) is 0.190. The van der Waals surface area contributed by atoms with Crippen LogP contribution < -0.4 is 10.9 Å². The summed E-state index contributed by atoms with van der Waals surface area (Å²) >= 11 is 0. The zero-order valence-corrected chi connectivity index (χ0v) is 17.3. The zero-order valence-electron chi connectivity index (χ0n) is 16.5. The van der Waals surface area contributed by atoms with E-state index in [2.05, 4.69) is 5.32 Å². The molecule has 2 aromatic carbocycles. The summed E-state index contributed by atoms with van der Waals surface area (Å²) in [5.41, 5.74) is 1.82. The van der Waals surface area contributed by atoms with Crippen LogP contribution in [0.2, 0.25) is 0 Å². The Morgan fingerprint density at radius 3 is 2.30 bits per heavy atom. The summed E-state index contributed by atoms with van der Waals surface area (Å²) in [5.74, 6) is -1.74. The number of hydrogen-bond donors (Lipinski definition) is 2. The van der Waals surface area contributed by atoms with Gasteiger partial charge in [0.2, 0.25) is 5.91 Å². The van der Waals surface area contributed by atoms with E-state index in [0.29, 0.717) is 16.9 Å². The molecule has 3 aromatic rings. The minimum atomic E-state index is -1.51. The maximum Gasteiger partial charge on any atom is 0.335 e. The summed E-state index contributed by atoms with van der Waals surface area (Å²) in [6, 6.07) is 15.0. The van der Waals surface area contributed by atoms with E-state index < -0.39 is 22.7 Å². The molecule has 0 spiro atoms. The molecule has 0 aliphatic carbocycles. The van der Waals surface area contributed by atoms with Gasteiger partial charge in [0, 0.05) is 23.6 Å². The average Bonchev–Trinajstić information content (AvgIpc) is 2.92. The number of carbonyl (C=O) groups excluding carboxylic acids is 1. The van der Waals surface area contributed by atoms with Crippen LogP contribution in [0.5, 0.6) is 0 Å². The topological polar surface area (TPSA) is 110 Å². The van der Waals surface area contributed by atoms with Crippen LogP contribution >= 0.6 is 0 Å². The monoisotopic (exact) mass is 427 g/mol. The van der Waals surface area contributed by atoms with Crippen molar-refractivity contribution < 1.29 is 18.9 Å². The highest BCUT2D eigenvalue weighted by Gasteiger charge is 2.19. The fourth-order valence-corrected chi connectivity index (χ4v) is 4.05. The Morgan fingerprint density at radius 1 is 1.07 bits per heavy atom. The van der Waals surface area contributed by atoms with Gasteiger partial charge >= 0.3 is 5.97 Å². The number of benzene rings is 2. The van der Waals surface area contributed by atoms with Gasteiger partial charge in [-0.05, 0) is 36.8 Å². The van der Waals surface area contributed by atoms with Crippen LogP contribution in [0.3, 0.4) is 0 Å². The van der Waals surface area contributed by atoms with E-state index in [-0.39, 0.29) is 28.3 Å². The third-order valence-corrected chi connectivity index (χ3v) is 5.88. The van der Waals surface area contributed by atoms with E-state index in [1.54, 1.807) is 42.9 Å². The Kier molecular flexibility index (Phi) is 6.31. The lowest BCUT2D eigenvalue weighted by molar-refractivity contribution is -0.113. The van der Waals surface area contributed by atoms with Crippen LogP contribution in [0.1, 0.15) is 21.6 Å². The first-order valence-corrected chi connectivity index (χ1v) is 10.6. The first kappa shape index (κ1) is 21.3. The number of amides is 1. The molecule has 1 atom stereocenters. The maximum atomic E-state index is 12.8. The van der Waals surface area contributed by atoms with E-state index in [9.17, 15) is 18.6 Å². The van der Waals surface area contributed by atoms with Crippen molar-refractivity contribution in [1.82, 2.24) is 9.36 Å². The van der Waals surface area contributed by atoms with Crippen molar-refractivity contribution in [2.75, 3.05) is 11.1 Å². The maximum absolute atomic E-state index is 12.8. The van der Waals surface area contributed by atoms with E-state index in [4.69, 9.17) is 5.11 Å². The summed E-state index contributed by atoms with van der Waals surface area (Å²) in [4.78, 5) is 36.1. The molecule has 1 aromatic heterocycles. The van der Waals surface area contributed by atoms with E-state index in [1.165, 1.54) is 16.8 Å². The number of para-hydroxylation sites is 1. The molecule has 9 heteroatoms. The van der Waals surface area contributed by atoms with Crippen LogP contribution in [0, 0.1) is 6.92 Å². The highest BCUT2D eigenvalue weighted by Crippen LogP contribution is 2.14. The van der Waals surface area contributed by atoms with Crippen LogP contribution in [-0.2, 0) is 28.4 Å². The number of nitrogens with one attached hydrogen (secondary N) is 1. The lowest BCUT2D eigenvalue weighted by Gasteiger charge is -2.07. The second-order valence-corrected chi connectivity index (χ2v) is 8.17. The first-order valence-electron chi connectivity index (χ1n) is 9.09. The molecule has 0 saturated heterocycles. The molecule has 0 radical (unpaired) electrons. The molecule has 2 N–H and O–H groups in total. The number of carbonyl (C=O) groups is 2. The zero-order chi connectivity index (χ0) is 21.8. The quantitative estimate of drug-likeness (QED) is 0.600. The molecule has 1 unspecified atom stereocenters. The molecule has 0 aliphatic heterocycles. The Hall–Kier alpha value is -3.46. The number of aromatic nitrogens is 2. The van der Waals surface area contributed by atoms with Gasteiger partial charge in [-0.2, -0.15) is 0 Å². The Morgan fingerprint density at radius 2 is 1.70 bits per heavy atom. The predicted molar refractivity (Wildman–Crippen MR) is 114 cm³/mol. The largest absolute Gasteiger partial charge is 0.478 e.